The van der Waals surface area contributed by atoms with Gasteiger partial charge >= 0.3 is 5.97 Å². The Kier molecular flexibility index (Phi) is 3.87. The molecule has 0 bridgehead atoms. The number of carboxylic acid groups (broad SMARTS) is 1. The lowest BCUT2D eigenvalue weighted by molar-refractivity contribution is -0.152. The average molecular weight is 265 g/mol. The molecule has 1 amide bonds. The highest BCUT2D eigenvalue weighted by Gasteiger charge is 2.41. The van der Waals surface area contributed by atoms with Crippen molar-refractivity contribution < 1.29 is 14.7 Å². The Morgan fingerprint density at radius 1 is 1.58 bits per heavy atom. The number of aromatic nitrogens is 2. The van der Waals surface area contributed by atoms with Crippen molar-refractivity contribution in [2.75, 3.05) is 6.54 Å². The molecule has 2 atom stereocenters. The minimum absolute atomic E-state index is 0.0329. The normalized spacial score (nSPS) is 23.7. The molecule has 0 radical (unpaired) electrons. The molecule has 6 heteroatoms. The average Bonchev–Trinajstić information content (AvgIpc) is 2.77. The molecule has 6 nitrogen and oxygen atoms in total. The second-order valence-electron chi connectivity index (χ2n) is 4.94. The van der Waals surface area contributed by atoms with Gasteiger partial charge in [-0.1, -0.05) is 6.92 Å². The maximum atomic E-state index is 12.1. The van der Waals surface area contributed by atoms with E-state index in [9.17, 15) is 14.7 Å². The van der Waals surface area contributed by atoms with Gasteiger partial charge < -0.3 is 14.6 Å². The molecule has 19 heavy (non-hydrogen) atoms. The number of likely N-dealkylation sites (tertiary alicyclic amines) is 1. The highest BCUT2D eigenvalue weighted by molar-refractivity contribution is 5.81. The molecule has 104 valence electrons. The van der Waals surface area contributed by atoms with E-state index in [0.29, 0.717) is 19.4 Å². The van der Waals surface area contributed by atoms with Gasteiger partial charge in [0, 0.05) is 20.0 Å². The summed E-state index contributed by atoms with van der Waals surface area (Å²) in [7, 11) is 1.82. The van der Waals surface area contributed by atoms with Crippen LogP contribution in [0.3, 0.4) is 0 Å². The molecule has 2 rings (SSSR count). The summed E-state index contributed by atoms with van der Waals surface area (Å²) in [5, 5.41) is 9.40. The Bertz CT molecular complexity index is 483. The molecule has 1 aromatic rings. The fourth-order valence-electron chi connectivity index (χ4n) is 2.73. The minimum atomic E-state index is -0.847. The van der Waals surface area contributed by atoms with Crippen LogP contribution >= 0.6 is 0 Å². The van der Waals surface area contributed by atoms with Crippen LogP contribution in [0.1, 0.15) is 37.9 Å². The Morgan fingerprint density at radius 3 is 2.84 bits per heavy atom. The first-order valence-corrected chi connectivity index (χ1v) is 6.54. The third-order valence-electron chi connectivity index (χ3n) is 3.65. The topological polar surface area (TPSA) is 75.4 Å². The van der Waals surface area contributed by atoms with Crippen LogP contribution in [-0.2, 0) is 16.6 Å². The van der Waals surface area contributed by atoms with E-state index < -0.39 is 17.9 Å². The number of rotatable bonds is 4. The van der Waals surface area contributed by atoms with Gasteiger partial charge in [-0.25, -0.2) is 4.98 Å². The summed E-state index contributed by atoms with van der Waals surface area (Å²) in [6.07, 6.45) is 4.81. The van der Waals surface area contributed by atoms with E-state index in [-0.39, 0.29) is 5.91 Å². The van der Waals surface area contributed by atoms with E-state index in [2.05, 4.69) is 4.98 Å². The summed E-state index contributed by atoms with van der Waals surface area (Å²) in [5.74, 6) is -1.37. The number of carbonyl (C=O) groups excluding carboxylic acids is 1. The highest BCUT2D eigenvalue weighted by Crippen LogP contribution is 2.36. The van der Waals surface area contributed by atoms with Gasteiger partial charge in [0.1, 0.15) is 0 Å². The van der Waals surface area contributed by atoms with E-state index >= 15 is 0 Å². The number of nitrogens with zero attached hydrogens (tertiary/aromatic N) is 3. The Hall–Kier alpha value is -1.85. The zero-order valence-corrected chi connectivity index (χ0v) is 11.2. The van der Waals surface area contributed by atoms with Gasteiger partial charge in [-0.05, 0) is 12.8 Å². The van der Waals surface area contributed by atoms with Crippen LogP contribution < -0.4 is 0 Å². The predicted molar refractivity (Wildman–Crippen MR) is 68.3 cm³/mol. The number of hydrogen-bond donors (Lipinski definition) is 1. The molecule has 0 aromatic carbocycles. The van der Waals surface area contributed by atoms with Crippen molar-refractivity contribution in [3.8, 4) is 0 Å². The van der Waals surface area contributed by atoms with Gasteiger partial charge in [0.15, 0.2) is 0 Å². The summed E-state index contributed by atoms with van der Waals surface area (Å²) in [4.78, 5) is 29.3. The molecule has 0 aliphatic carbocycles. The molecule has 1 fully saturated rings. The standard InChI is InChI=1S/C13H19N3O3/c1-3-6-16-11(17)5-4-9(13(18)19)12(16)10-7-14-8-15(10)2/h7-9,12H,3-6H2,1-2H3,(H,18,19)/t9-,12+/m0/s1. The summed E-state index contributed by atoms with van der Waals surface area (Å²) in [6, 6.07) is -0.411. The molecule has 0 saturated carbocycles. The number of aryl methyl sites for hydroxylation is 1. The fraction of sp³-hybridized carbons (Fsp3) is 0.615. The number of carbonyl (C=O) groups is 2. The summed E-state index contributed by atoms with van der Waals surface area (Å²) in [5.41, 5.74) is 0.786. The Morgan fingerprint density at radius 2 is 2.32 bits per heavy atom. The SMILES string of the molecule is CCCN1C(=O)CC[C@H](C(=O)O)[C@@H]1c1cncn1C. The van der Waals surface area contributed by atoms with Crippen LogP contribution in [0.15, 0.2) is 12.5 Å². The van der Waals surface area contributed by atoms with E-state index in [1.54, 1.807) is 22.0 Å². The maximum Gasteiger partial charge on any atom is 0.309 e. The monoisotopic (exact) mass is 265 g/mol. The molecule has 1 aliphatic heterocycles. The first-order chi connectivity index (χ1) is 9.06. The van der Waals surface area contributed by atoms with E-state index in [1.807, 2.05) is 14.0 Å². The van der Waals surface area contributed by atoms with Crippen molar-refractivity contribution >= 4 is 11.9 Å². The number of piperidine rings is 1. The maximum absolute atomic E-state index is 12.1. The van der Waals surface area contributed by atoms with Crippen LogP contribution in [-0.4, -0.2) is 38.0 Å². The van der Waals surface area contributed by atoms with Gasteiger partial charge in [0.2, 0.25) is 5.91 Å². The molecule has 0 spiro atoms. The number of hydrogen-bond acceptors (Lipinski definition) is 3. The van der Waals surface area contributed by atoms with E-state index in [4.69, 9.17) is 0 Å². The molecule has 0 unspecified atom stereocenters. The first-order valence-electron chi connectivity index (χ1n) is 6.54. The third-order valence-corrected chi connectivity index (χ3v) is 3.65. The van der Waals surface area contributed by atoms with Crippen molar-refractivity contribution in [1.29, 1.82) is 0 Å². The lowest BCUT2D eigenvalue weighted by atomic mass is 9.86. The van der Waals surface area contributed by atoms with Gasteiger partial charge in [0.25, 0.3) is 0 Å². The quantitative estimate of drug-likeness (QED) is 0.887. The molecular formula is C13H19N3O3. The molecule has 1 aromatic heterocycles. The summed E-state index contributed by atoms with van der Waals surface area (Å²) >= 11 is 0. The smallest absolute Gasteiger partial charge is 0.309 e. The zero-order valence-electron chi connectivity index (χ0n) is 11.2. The molecule has 1 N–H and O–H groups in total. The van der Waals surface area contributed by atoms with Crippen molar-refractivity contribution in [2.24, 2.45) is 13.0 Å². The molecular weight excluding hydrogens is 246 g/mol. The number of imidazole rings is 1. The third kappa shape index (κ3) is 2.47. The minimum Gasteiger partial charge on any atom is -0.481 e. The number of carboxylic acids is 1. The van der Waals surface area contributed by atoms with Crippen LogP contribution in [0.5, 0.6) is 0 Å². The second-order valence-corrected chi connectivity index (χ2v) is 4.94. The van der Waals surface area contributed by atoms with E-state index in [0.717, 1.165) is 12.1 Å². The van der Waals surface area contributed by atoms with Gasteiger partial charge in [-0.15, -0.1) is 0 Å². The largest absolute Gasteiger partial charge is 0.481 e. The number of amides is 1. The Balaban J connectivity index is 2.41. The van der Waals surface area contributed by atoms with Crippen molar-refractivity contribution in [2.45, 2.75) is 32.2 Å². The van der Waals surface area contributed by atoms with E-state index in [1.165, 1.54) is 0 Å². The van der Waals surface area contributed by atoms with Crippen molar-refractivity contribution in [3.05, 3.63) is 18.2 Å². The van der Waals surface area contributed by atoms with Crippen molar-refractivity contribution in [3.63, 3.8) is 0 Å². The first kappa shape index (κ1) is 13.6. The summed E-state index contributed by atoms with van der Waals surface area (Å²) < 4.78 is 1.79. The van der Waals surface area contributed by atoms with Crippen molar-refractivity contribution in [1.82, 2.24) is 14.5 Å². The lowest BCUT2D eigenvalue weighted by Crippen LogP contribution is -2.46. The summed E-state index contributed by atoms with van der Waals surface area (Å²) in [6.45, 7) is 2.57. The van der Waals surface area contributed by atoms with Crippen LogP contribution in [0.25, 0.3) is 0 Å². The zero-order chi connectivity index (χ0) is 14.0. The Labute approximate surface area is 112 Å². The molecule has 1 saturated heterocycles. The highest BCUT2D eigenvalue weighted by atomic mass is 16.4. The number of aliphatic carboxylic acids is 1. The van der Waals surface area contributed by atoms with Gasteiger partial charge in [0.05, 0.1) is 30.2 Å². The fourth-order valence-corrected chi connectivity index (χ4v) is 2.73. The second kappa shape index (κ2) is 5.42. The molecule has 1 aliphatic rings. The lowest BCUT2D eigenvalue weighted by Gasteiger charge is -2.39. The van der Waals surface area contributed by atoms with Gasteiger partial charge in [-0.2, -0.15) is 0 Å². The van der Waals surface area contributed by atoms with Crippen LogP contribution in [0, 0.1) is 5.92 Å². The van der Waals surface area contributed by atoms with Crippen LogP contribution in [0.4, 0.5) is 0 Å². The molecule has 2 heterocycles. The van der Waals surface area contributed by atoms with Gasteiger partial charge in [-0.3, -0.25) is 9.59 Å². The predicted octanol–water partition coefficient (Wildman–Crippen LogP) is 1.19. The van der Waals surface area contributed by atoms with Crippen LogP contribution in [0.2, 0.25) is 0 Å².